The number of rotatable bonds is 7. The summed E-state index contributed by atoms with van der Waals surface area (Å²) >= 11 is 1.80. The van der Waals surface area contributed by atoms with Crippen molar-refractivity contribution in [1.82, 2.24) is 15.6 Å². The second kappa shape index (κ2) is 9.30. The Morgan fingerprint density at radius 2 is 1.83 bits per heavy atom. The smallest absolute Gasteiger partial charge is 0.191 e. The minimum absolute atomic E-state index is 0.848. The summed E-state index contributed by atoms with van der Waals surface area (Å²) in [6.45, 7) is 6.03. The van der Waals surface area contributed by atoms with Crippen molar-refractivity contribution in [2.45, 2.75) is 33.1 Å². The predicted molar refractivity (Wildman–Crippen MR) is 99.4 cm³/mol. The zero-order valence-corrected chi connectivity index (χ0v) is 15.0. The third-order valence-electron chi connectivity index (χ3n) is 3.68. The van der Waals surface area contributed by atoms with Gasteiger partial charge in [0.05, 0.1) is 10.7 Å². The fraction of sp³-hybridized carbons (Fsp3) is 0.444. The lowest BCUT2D eigenvalue weighted by molar-refractivity contribution is 0.780. The molecule has 0 aliphatic rings. The Morgan fingerprint density at radius 3 is 2.43 bits per heavy atom. The topological polar surface area (TPSA) is 49.3 Å². The van der Waals surface area contributed by atoms with Gasteiger partial charge in [0, 0.05) is 31.4 Å². The quantitative estimate of drug-likeness (QED) is 0.606. The van der Waals surface area contributed by atoms with Crippen LogP contribution in [0.25, 0.3) is 0 Å². The van der Waals surface area contributed by atoms with Crippen molar-refractivity contribution in [3.05, 3.63) is 51.5 Å². The summed E-state index contributed by atoms with van der Waals surface area (Å²) in [4.78, 5) is 10.3. The molecule has 0 atom stereocenters. The lowest BCUT2D eigenvalue weighted by Crippen LogP contribution is -2.39. The first-order valence-corrected chi connectivity index (χ1v) is 8.98. The van der Waals surface area contributed by atoms with Crippen molar-refractivity contribution in [2.24, 2.45) is 4.99 Å². The third kappa shape index (κ3) is 5.67. The van der Waals surface area contributed by atoms with E-state index < -0.39 is 0 Å². The number of nitrogens with zero attached hydrogens (tertiary/aromatic N) is 2. The first-order chi connectivity index (χ1) is 11.2. The number of hydrogen-bond donors (Lipinski definition) is 2. The van der Waals surface area contributed by atoms with Gasteiger partial charge in [-0.25, -0.2) is 4.98 Å². The van der Waals surface area contributed by atoms with E-state index in [-0.39, 0.29) is 0 Å². The summed E-state index contributed by atoms with van der Waals surface area (Å²) in [6.07, 6.45) is 2.94. The average molecular weight is 331 g/mol. The molecule has 0 fully saturated rings. The Morgan fingerprint density at radius 1 is 1.13 bits per heavy atom. The van der Waals surface area contributed by atoms with Gasteiger partial charge in [0.15, 0.2) is 5.96 Å². The van der Waals surface area contributed by atoms with Gasteiger partial charge in [0.2, 0.25) is 0 Å². The highest BCUT2D eigenvalue weighted by Crippen LogP contribution is 2.17. The van der Waals surface area contributed by atoms with Crippen molar-refractivity contribution >= 4 is 17.3 Å². The number of aliphatic imine (C=N–C) groups is 1. The molecule has 1 aromatic heterocycles. The summed E-state index contributed by atoms with van der Waals surface area (Å²) in [7, 11) is 1.81. The molecule has 2 N–H and O–H groups in total. The van der Waals surface area contributed by atoms with Gasteiger partial charge < -0.3 is 10.6 Å². The van der Waals surface area contributed by atoms with Gasteiger partial charge in [0.1, 0.15) is 0 Å². The first-order valence-electron chi connectivity index (χ1n) is 8.16. The molecule has 1 heterocycles. The molecule has 124 valence electrons. The summed E-state index contributed by atoms with van der Waals surface area (Å²) in [5.41, 5.74) is 2.57. The van der Waals surface area contributed by atoms with E-state index in [1.54, 1.807) is 18.4 Å². The molecular formula is C18H26N4S. The zero-order valence-electron chi connectivity index (χ0n) is 14.2. The molecule has 0 radical (unpaired) electrons. The maximum Gasteiger partial charge on any atom is 0.191 e. The van der Waals surface area contributed by atoms with Gasteiger partial charge in [-0.2, -0.15) is 0 Å². The van der Waals surface area contributed by atoms with E-state index in [9.17, 15) is 0 Å². The largest absolute Gasteiger partial charge is 0.356 e. The monoisotopic (exact) mass is 330 g/mol. The molecule has 0 amide bonds. The summed E-state index contributed by atoms with van der Waals surface area (Å²) in [5.74, 6) is 0.852. The lowest BCUT2D eigenvalue weighted by Gasteiger charge is -2.11. The number of hydrogen-bond acceptors (Lipinski definition) is 3. The zero-order chi connectivity index (χ0) is 16.5. The summed E-state index contributed by atoms with van der Waals surface area (Å²) in [5, 5.41) is 7.91. The molecule has 0 saturated heterocycles. The molecule has 2 aromatic rings. The van der Waals surface area contributed by atoms with Crippen molar-refractivity contribution in [3.63, 3.8) is 0 Å². The Kier molecular flexibility index (Phi) is 7.07. The normalized spacial score (nSPS) is 11.5. The molecule has 0 saturated carbocycles. The summed E-state index contributed by atoms with van der Waals surface area (Å²) < 4.78 is 0. The van der Waals surface area contributed by atoms with E-state index in [2.05, 4.69) is 58.7 Å². The van der Waals surface area contributed by atoms with Crippen LogP contribution >= 0.6 is 11.3 Å². The van der Waals surface area contributed by atoms with Crippen LogP contribution in [0.15, 0.2) is 35.3 Å². The molecule has 2 rings (SSSR count). The third-order valence-corrected chi connectivity index (χ3v) is 4.75. The molecule has 0 unspecified atom stereocenters. The molecule has 23 heavy (non-hydrogen) atoms. The Balaban J connectivity index is 1.70. The van der Waals surface area contributed by atoms with Crippen molar-refractivity contribution in [3.8, 4) is 0 Å². The number of aryl methyl sites for hydroxylation is 2. The van der Waals surface area contributed by atoms with Crippen LogP contribution in [0.3, 0.4) is 0 Å². The highest BCUT2D eigenvalue weighted by atomic mass is 32.1. The molecule has 5 heteroatoms. The second-order valence-electron chi connectivity index (χ2n) is 5.38. The molecule has 0 aliphatic heterocycles. The molecule has 0 spiro atoms. The van der Waals surface area contributed by atoms with Gasteiger partial charge in [0.25, 0.3) is 0 Å². The number of nitrogens with one attached hydrogen (secondary N) is 2. The average Bonchev–Trinajstić information content (AvgIpc) is 2.94. The van der Waals surface area contributed by atoms with E-state index >= 15 is 0 Å². The fourth-order valence-corrected chi connectivity index (χ4v) is 3.42. The second-order valence-corrected chi connectivity index (χ2v) is 6.66. The van der Waals surface area contributed by atoms with Crippen molar-refractivity contribution < 1.29 is 0 Å². The van der Waals surface area contributed by atoms with Crippen LogP contribution in [0.5, 0.6) is 0 Å². The van der Waals surface area contributed by atoms with Gasteiger partial charge >= 0.3 is 0 Å². The molecule has 0 bridgehead atoms. The Hall–Kier alpha value is -1.88. The van der Waals surface area contributed by atoms with E-state index in [1.165, 1.54) is 21.1 Å². The highest BCUT2D eigenvalue weighted by Gasteiger charge is 2.06. The van der Waals surface area contributed by atoms with Crippen LogP contribution in [-0.4, -0.2) is 31.1 Å². The molecule has 0 aliphatic carbocycles. The van der Waals surface area contributed by atoms with Gasteiger partial charge in [-0.15, -0.1) is 11.3 Å². The number of benzene rings is 1. The van der Waals surface area contributed by atoms with Crippen LogP contribution < -0.4 is 10.6 Å². The van der Waals surface area contributed by atoms with Crippen molar-refractivity contribution in [1.29, 1.82) is 0 Å². The fourth-order valence-electron chi connectivity index (χ4n) is 2.40. The van der Waals surface area contributed by atoms with E-state index in [4.69, 9.17) is 0 Å². The first kappa shape index (κ1) is 17.5. The maximum atomic E-state index is 4.67. The van der Waals surface area contributed by atoms with E-state index in [1.807, 2.05) is 6.07 Å². The van der Waals surface area contributed by atoms with Crippen LogP contribution in [0, 0.1) is 6.92 Å². The standard InChI is InChI=1S/C18H26N4S/c1-4-16-14(2)23-17(22-16)11-13-21-18(19-3)20-12-10-15-8-6-5-7-9-15/h5-9H,4,10-13H2,1-3H3,(H2,19,20,21). The molecular weight excluding hydrogens is 304 g/mol. The van der Waals surface area contributed by atoms with Gasteiger partial charge in [-0.05, 0) is 25.3 Å². The maximum absolute atomic E-state index is 4.67. The van der Waals surface area contributed by atoms with Gasteiger partial charge in [-0.1, -0.05) is 37.3 Å². The van der Waals surface area contributed by atoms with Crippen LogP contribution in [0.4, 0.5) is 0 Å². The molecule has 1 aromatic carbocycles. The number of aromatic nitrogens is 1. The van der Waals surface area contributed by atoms with E-state index in [0.29, 0.717) is 0 Å². The number of guanidine groups is 1. The van der Waals surface area contributed by atoms with Crippen LogP contribution in [-0.2, 0) is 19.3 Å². The highest BCUT2D eigenvalue weighted by molar-refractivity contribution is 7.11. The SMILES string of the molecule is CCc1nc(CCNC(=NC)NCCc2ccccc2)sc1C. The Bertz CT molecular complexity index is 619. The number of thiazole rings is 1. The lowest BCUT2D eigenvalue weighted by atomic mass is 10.1. The summed E-state index contributed by atoms with van der Waals surface area (Å²) in [6, 6.07) is 10.5. The van der Waals surface area contributed by atoms with Crippen LogP contribution in [0.2, 0.25) is 0 Å². The Labute approximate surface area is 143 Å². The molecule has 4 nitrogen and oxygen atoms in total. The van der Waals surface area contributed by atoms with Gasteiger partial charge in [-0.3, -0.25) is 4.99 Å². The van der Waals surface area contributed by atoms with Crippen LogP contribution in [0.1, 0.15) is 28.1 Å². The van der Waals surface area contributed by atoms with Crippen molar-refractivity contribution in [2.75, 3.05) is 20.1 Å². The van der Waals surface area contributed by atoms with E-state index in [0.717, 1.165) is 38.3 Å². The predicted octanol–water partition coefficient (Wildman–Crippen LogP) is 2.96. The minimum atomic E-state index is 0.848. The minimum Gasteiger partial charge on any atom is -0.356 e.